The Morgan fingerprint density at radius 1 is 1.24 bits per heavy atom. The summed E-state index contributed by atoms with van der Waals surface area (Å²) < 4.78 is 0. The molecule has 2 fully saturated rings. The van der Waals surface area contributed by atoms with Gasteiger partial charge in [0.25, 0.3) is 0 Å². The summed E-state index contributed by atoms with van der Waals surface area (Å²) in [6.45, 7) is 3.42. The van der Waals surface area contributed by atoms with Crippen LogP contribution in [0.1, 0.15) is 5.69 Å². The number of benzene rings is 1. The van der Waals surface area contributed by atoms with Crippen LogP contribution in [0.4, 0.5) is 4.79 Å². The van der Waals surface area contributed by atoms with Crippen molar-refractivity contribution in [1.82, 2.24) is 20.1 Å². The van der Waals surface area contributed by atoms with E-state index >= 15 is 0 Å². The number of amides is 2. The highest BCUT2D eigenvalue weighted by atomic mass is 16.2. The number of likely N-dealkylation sites (N-methyl/N-ethyl adjacent to an activating group) is 1. The molecule has 108 valence electrons. The van der Waals surface area contributed by atoms with Crippen LogP contribution in [0.25, 0.3) is 10.9 Å². The first-order chi connectivity index (χ1) is 10.2. The number of rotatable bonds is 2. The van der Waals surface area contributed by atoms with Gasteiger partial charge < -0.3 is 10.2 Å². The van der Waals surface area contributed by atoms with E-state index in [-0.39, 0.29) is 11.6 Å². The highest BCUT2D eigenvalue weighted by molar-refractivity contribution is 5.78. The predicted molar refractivity (Wildman–Crippen MR) is 80.9 cm³/mol. The third-order valence-electron chi connectivity index (χ3n) is 4.66. The van der Waals surface area contributed by atoms with Gasteiger partial charge in [-0.2, -0.15) is 0 Å². The number of para-hydroxylation sites is 1. The molecule has 2 amide bonds. The van der Waals surface area contributed by atoms with Crippen LogP contribution in [0.2, 0.25) is 0 Å². The summed E-state index contributed by atoms with van der Waals surface area (Å²) in [5.74, 6) is 0. The van der Waals surface area contributed by atoms with Crippen LogP contribution in [0, 0.1) is 0 Å². The standard InChI is InChI=1S/C16H18N4O/c1-19-15(21)17-9-16(19)10-20(11-16)8-13-7-6-12-4-2-3-5-14(12)18-13/h2-7H,8-11H2,1H3,(H,17,21). The molecule has 2 saturated heterocycles. The van der Waals surface area contributed by atoms with Gasteiger partial charge in [0, 0.05) is 38.6 Å². The van der Waals surface area contributed by atoms with Gasteiger partial charge in [0.2, 0.25) is 0 Å². The maximum atomic E-state index is 11.6. The van der Waals surface area contributed by atoms with E-state index in [2.05, 4.69) is 28.4 Å². The van der Waals surface area contributed by atoms with E-state index in [4.69, 9.17) is 4.98 Å². The van der Waals surface area contributed by atoms with Gasteiger partial charge in [-0.25, -0.2) is 4.79 Å². The summed E-state index contributed by atoms with van der Waals surface area (Å²) in [4.78, 5) is 20.5. The topological polar surface area (TPSA) is 48.5 Å². The second-order valence-corrected chi connectivity index (χ2v) is 6.08. The number of hydrogen-bond acceptors (Lipinski definition) is 3. The number of urea groups is 1. The number of pyridine rings is 1. The molecule has 2 aliphatic rings. The average molecular weight is 282 g/mol. The number of hydrogen-bond donors (Lipinski definition) is 1. The molecule has 5 nitrogen and oxygen atoms in total. The molecule has 5 heteroatoms. The van der Waals surface area contributed by atoms with E-state index in [1.807, 2.05) is 30.1 Å². The van der Waals surface area contributed by atoms with Crippen molar-refractivity contribution in [1.29, 1.82) is 0 Å². The zero-order chi connectivity index (χ0) is 14.4. The summed E-state index contributed by atoms with van der Waals surface area (Å²) in [6, 6.07) is 12.4. The van der Waals surface area contributed by atoms with Crippen molar-refractivity contribution in [2.75, 3.05) is 26.7 Å². The minimum absolute atomic E-state index is 0.00602. The van der Waals surface area contributed by atoms with Gasteiger partial charge in [-0.3, -0.25) is 9.88 Å². The lowest BCUT2D eigenvalue weighted by Gasteiger charge is -2.50. The fourth-order valence-corrected chi connectivity index (χ4v) is 3.34. The maximum absolute atomic E-state index is 11.6. The molecule has 0 bridgehead atoms. The lowest BCUT2D eigenvalue weighted by molar-refractivity contribution is -0.00174. The number of nitrogens with zero attached hydrogens (tertiary/aromatic N) is 3. The molecular weight excluding hydrogens is 264 g/mol. The Morgan fingerprint density at radius 3 is 2.81 bits per heavy atom. The lowest BCUT2D eigenvalue weighted by Crippen LogP contribution is -2.68. The first-order valence-electron chi connectivity index (χ1n) is 7.25. The van der Waals surface area contributed by atoms with Gasteiger partial charge in [0.15, 0.2) is 0 Å². The largest absolute Gasteiger partial charge is 0.336 e. The third kappa shape index (κ3) is 1.96. The number of fused-ring (bicyclic) bond motifs is 1. The highest BCUT2D eigenvalue weighted by Crippen LogP contribution is 2.30. The van der Waals surface area contributed by atoms with Crippen molar-refractivity contribution in [2.45, 2.75) is 12.1 Å². The van der Waals surface area contributed by atoms with Gasteiger partial charge >= 0.3 is 6.03 Å². The van der Waals surface area contributed by atoms with E-state index in [0.29, 0.717) is 0 Å². The summed E-state index contributed by atoms with van der Waals surface area (Å²) in [5, 5.41) is 4.09. The minimum Gasteiger partial charge on any atom is -0.336 e. The summed E-state index contributed by atoms with van der Waals surface area (Å²) in [7, 11) is 1.88. The maximum Gasteiger partial charge on any atom is 0.317 e. The van der Waals surface area contributed by atoms with Crippen LogP contribution < -0.4 is 5.32 Å². The Hall–Kier alpha value is -2.14. The van der Waals surface area contributed by atoms with Crippen LogP contribution in [0.5, 0.6) is 0 Å². The molecule has 0 radical (unpaired) electrons. The van der Waals surface area contributed by atoms with Crippen molar-refractivity contribution < 1.29 is 4.79 Å². The molecule has 4 rings (SSSR count). The van der Waals surface area contributed by atoms with Crippen LogP contribution in [0.3, 0.4) is 0 Å². The van der Waals surface area contributed by atoms with Crippen molar-refractivity contribution in [3.8, 4) is 0 Å². The number of likely N-dealkylation sites (tertiary alicyclic amines) is 1. The van der Waals surface area contributed by atoms with Gasteiger partial charge in [0.1, 0.15) is 0 Å². The van der Waals surface area contributed by atoms with Crippen molar-refractivity contribution in [2.24, 2.45) is 0 Å². The molecule has 2 aromatic rings. The van der Waals surface area contributed by atoms with Crippen molar-refractivity contribution in [3.63, 3.8) is 0 Å². The fourth-order valence-electron chi connectivity index (χ4n) is 3.34. The second kappa shape index (κ2) is 4.43. The zero-order valence-corrected chi connectivity index (χ0v) is 12.0. The summed E-state index contributed by atoms with van der Waals surface area (Å²) in [5.41, 5.74) is 2.12. The van der Waals surface area contributed by atoms with E-state index in [0.717, 1.165) is 37.4 Å². The molecule has 0 atom stereocenters. The van der Waals surface area contributed by atoms with Crippen LogP contribution in [0.15, 0.2) is 36.4 Å². The molecule has 1 aromatic carbocycles. The lowest BCUT2D eigenvalue weighted by atomic mass is 9.89. The minimum atomic E-state index is -0.00602. The first kappa shape index (κ1) is 12.6. The van der Waals surface area contributed by atoms with Gasteiger partial charge in [-0.1, -0.05) is 24.3 Å². The second-order valence-electron chi connectivity index (χ2n) is 6.08. The Kier molecular flexibility index (Phi) is 2.65. The molecule has 1 N–H and O–H groups in total. The van der Waals surface area contributed by atoms with Gasteiger partial charge in [-0.15, -0.1) is 0 Å². The predicted octanol–water partition coefficient (Wildman–Crippen LogP) is 1.44. The summed E-state index contributed by atoms with van der Waals surface area (Å²) >= 11 is 0. The third-order valence-corrected chi connectivity index (χ3v) is 4.66. The van der Waals surface area contributed by atoms with Gasteiger partial charge in [0.05, 0.1) is 16.7 Å². The number of carbonyl (C=O) groups is 1. The Balaban J connectivity index is 1.46. The van der Waals surface area contributed by atoms with Crippen molar-refractivity contribution in [3.05, 3.63) is 42.1 Å². The van der Waals surface area contributed by atoms with E-state index in [1.54, 1.807) is 0 Å². The summed E-state index contributed by atoms with van der Waals surface area (Å²) in [6.07, 6.45) is 0. The first-order valence-corrected chi connectivity index (χ1v) is 7.25. The van der Waals surface area contributed by atoms with E-state index in [9.17, 15) is 4.79 Å². The molecule has 21 heavy (non-hydrogen) atoms. The van der Waals surface area contributed by atoms with E-state index < -0.39 is 0 Å². The average Bonchev–Trinajstić information content (AvgIpc) is 2.76. The molecular formula is C16H18N4O. The molecule has 0 saturated carbocycles. The molecule has 1 aromatic heterocycles. The van der Waals surface area contributed by atoms with Crippen LogP contribution in [-0.4, -0.2) is 53.0 Å². The fraction of sp³-hybridized carbons (Fsp3) is 0.375. The Morgan fingerprint density at radius 2 is 2.05 bits per heavy atom. The highest BCUT2D eigenvalue weighted by Gasteiger charge is 2.51. The van der Waals surface area contributed by atoms with Gasteiger partial charge in [-0.05, 0) is 12.1 Å². The SMILES string of the molecule is CN1C(=O)NCC12CN(Cc1ccc3ccccc3n1)C2. The van der Waals surface area contributed by atoms with E-state index in [1.165, 1.54) is 5.39 Å². The quantitative estimate of drug-likeness (QED) is 0.907. The zero-order valence-electron chi connectivity index (χ0n) is 12.0. The molecule has 2 aliphatic heterocycles. The molecule has 1 spiro atoms. The normalized spacial score (nSPS) is 20.8. The number of nitrogens with one attached hydrogen (secondary N) is 1. The Labute approximate surface area is 123 Å². The Bertz CT molecular complexity index is 708. The molecule has 3 heterocycles. The molecule has 0 unspecified atom stereocenters. The monoisotopic (exact) mass is 282 g/mol. The van der Waals surface area contributed by atoms with Crippen molar-refractivity contribution >= 4 is 16.9 Å². The number of aromatic nitrogens is 1. The number of carbonyl (C=O) groups excluding carboxylic acids is 1. The smallest absolute Gasteiger partial charge is 0.317 e. The van der Waals surface area contributed by atoms with Crippen LogP contribution >= 0.6 is 0 Å². The molecule has 0 aliphatic carbocycles. The van der Waals surface area contributed by atoms with Crippen LogP contribution in [-0.2, 0) is 6.54 Å².